The van der Waals surface area contributed by atoms with Gasteiger partial charge in [-0.05, 0) is 6.07 Å². The number of carbonyl (C=O) groups is 1. The monoisotopic (exact) mass is 271 g/mol. The second-order valence-electron chi connectivity index (χ2n) is 2.94. The summed E-state index contributed by atoms with van der Waals surface area (Å²) < 4.78 is 5.19. The summed E-state index contributed by atoms with van der Waals surface area (Å²) in [5.74, 6) is -0.160. The second kappa shape index (κ2) is 4.63. The summed E-state index contributed by atoms with van der Waals surface area (Å²) >= 11 is 6.11. The molecule has 1 aromatic rings. The number of nitrogens with zero attached hydrogens (tertiary/aromatic N) is 3. The van der Waals surface area contributed by atoms with Gasteiger partial charge in [0.2, 0.25) is 0 Å². The Kier molecular flexibility index (Phi) is 3.20. The van der Waals surface area contributed by atoms with Gasteiger partial charge in [-0.15, -0.1) is 0 Å². The molecule has 0 saturated carbocycles. The van der Waals surface area contributed by atoms with Gasteiger partial charge in [-0.2, -0.15) is 10.1 Å². The third kappa shape index (κ3) is 2.50. The highest BCUT2D eigenvalue weighted by Gasteiger charge is 2.26. The molecule has 1 aromatic heterocycles. The Morgan fingerprint density at radius 1 is 1.65 bits per heavy atom. The quantitative estimate of drug-likeness (QED) is 0.357. The number of hydrogen-bond acceptors (Lipinski definition) is 7. The fourth-order valence-electron chi connectivity index (χ4n) is 1.08. The van der Waals surface area contributed by atoms with Gasteiger partial charge in [0.05, 0.1) is 18.0 Å². The summed E-state index contributed by atoms with van der Waals surface area (Å²) in [4.78, 5) is 21.0. The van der Waals surface area contributed by atoms with Crippen LogP contribution >= 0.6 is 24.0 Å². The van der Waals surface area contributed by atoms with Crippen LogP contribution in [0.5, 0.6) is 0 Å². The Hall–Kier alpha value is -1.74. The average molecular weight is 271 g/mol. The van der Waals surface area contributed by atoms with E-state index in [0.717, 1.165) is 5.01 Å². The molecule has 17 heavy (non-hydrogen) atoms. The van der Waals surface area contributed by atoms with Gasteiger partial charge in [0.1, 0.15) is 4.92 Å². The van der Waals surface area contributed by atoms with E-state index in [1.165, 1.54) is 30.1 Å². The second-order valence-corrected chi connectivity index (χ2v) is 4.55. The molecule has 0 spiro atoms. The first kappa shape index (κ1) is 11.7. The summed E-state index contributed by atoms with van der Waals surface area (Å²) in [7, 11) is 0. The first-order chi connectivity index (χ1) is 8.08. The number of carbonyl (C=O) groups excluding carboxylic acids is 1. The standard InChI is InChI=1S/C8H5N3O4S2/c12-6-4-17-8(16)10(6)9-3-5-1-2-7(15-5)11(13)14/h1-3H,4H2. The first-order valence-electron chi connectivity index (χ1n) is 4.36. The zero-order chi connectivity index (χ0) is 12.4. The minimum absolute atomic E-state index is 0.184. The maximum absolute atomic E-state index is 11.3. The van der Waals surface area contributed by atoms with Crippen molar-refractivity contribution < 1.29 is 14.1 Å². The molecule has 9 heteroatoms. The third-order valence-corrected chi connectivity index (χ3v) is 3.16. The maximum atomic E-state index is 11.3. The smallest absolute Gasteiger partial charge is 0.400 e. The van der Waals surface area contributed by atoms with Crippen LogP contribution in [0.15, 0.2) is 21.7 Å². The van der Waals surface area contributed by atoms with Gasteiger partial charge in [-0.25, -0.2) is 0 Å². The predicted molar refractivity (Wildman–Crippen MR) is 64.9 cm³/mol. The van der Waals surface area contributed by atoms with Gasteiger partial charge >= 0.3 is 5.88 Å². The molecule has 1 aliphatic heterocycles. The van der Waals surface area contributed by atoms with Crippen molar-refractivity contribution in [3.05, 3.63) is 28.0 Å². The van der Waals surface area contributed by atoms with Crippen LogP contribution in [0.4, 0.5) is 5.88 Å². The normalized spacial score (nSPS) is 16.1. The predicted octanol–water partition coefficient (Wildman–Crippen LogP) is 1.38. The third-order valence-electron chi connectivity index (χ3n) is 1.82. The molecule has 0 N–H and O–H groups in total. The first-order valence-corrected chi connectivity index (χ1v) is 5.75. The summed E-state index contributed by atoms with van der Waals surface area (Å²) in [6.45, 7) is 0. The van der Waals surface area contributed by atoms with E-state index >= 15 is 0 Å². The molecule has 0 atom stereocenters. The Morgan fingerprint density at radius 3 is 2.94 bits per heavy atom. The Bertz CT molecular complexity index is 509. The Labute approximate surface area is 105 Å². The van der Waals surface area contributed by atoms with Crippen LogP contribution in [0, 0.1) is 10.1 Å². The van der Waals surface area contributed by atoms with Crippen molar-refractivity contribution in [2.24, 2.45) is 5.10 Å². The number of amides is 1. The van der Waals surface area contributed by atoms with Gasteiger partial charge in [0.25, 0.3) is 5.91 Å². The minimum Gasteiger partial charge on any atom is -0.400 e. The van der Waals surface area contributed by atoms with Crippen LogP contribution in [0.1, 0.15) is 5.76 Å². The van der Waals surface area contributed by atoms with Crippen LogP contribution in [-0.2, 0) is 4.79 Å². The molecular formula is C8H5N3O4S2. The lowest BCUT2D eigenvalue weighted by atomic mass is 10.5. The molecule has 2 rings (SSSR count). The number of nitro groups is 1. The maximum Gasteiger partial charge on any atom is 0.433 e. The molecule has 0 aromatic carbocycles. The van der Waals surface area contributed by atoms with Crippen LogP contribution in [-0.4, -0.2) is 32.1 Å². The molecule has 88 valence electrons. The van der Waals surface area contributed by atoms with Crippen molar-refractivity contribution in [1.29, 1.82) is 0 Å². The van der Waals surface area contributed by atoms with Crippen LogP contribution in [0.2, 0.25) is 0 Å². The molecule has 1 fully saturated rings. The fraction of sp³-hybridized carbons (Fsp3) is 0.125. The molecule has 1 aliphatic rings. The van der Waals surface area contributed by atoms with E-state index in [-0.39, 0.29) is 23.3 Å². The Balaban J connectivity index is 2.12. The van der Waals surface area contributed by atoms with Crippen molar-refractivity contribution in [3.63, 3.8) is 0 Å². The SMILES string of the molecule is O=C1CSC(=S)N1N=Cc1ccc([N+](=O)[O-])o1. The molecule has 2 heterocycles. The van der Waals surface area contributed by atoms with Crippen LogP contribution in [0.25, 0.3) is 0 Å². The van der Waals surface area contributed by atoms with Gasteiger partial charge in [-0.1, -0.05) is 24.0 Å². The lowest BCUT2D eigenvalue weighted by Gasteiger charge is -2.04. The van der Waals surface area contributed by atoms with E-state index in [2.05, 4.69) is 5.10 Å². The number of thiocarbonyl (C=S) groups is 1. The largest absolute Gasteiger partial charge is 0.433 e. The highest BCUT2D eigenvalue weighted by atomic mass is 32.2. The molecular weight excluding hydrogens is 266 g/mol. The molecule has 1 amide bonds. The molecule has 1 saturated heterocycles. The van der Waals surface area contributed by atoms with Crippen molar-refractivity contribution in [2.75, 3.05) is 5.75 Å². The van der Waals surface area contributed by atoms with Crippen LogP contribution < -0.4 is 0 Å². The molecule has 0 aliphatic carbocycles. The molecule has 0 bridgehead atoms. The topological polar surface area (TPSA) is 89.0 Å². The number of hydrazone groups is 1. The number of rotatable bonds is 3. The van der Waals surface area contributed by atoms with E-state index in [9.17, 15) is 14.9 Å². The molecule has 7 nitrogen and oxygen atoms in total. The van der Waals surface area contributed by atoms with E-state index < -0.39 is 4.92 Å². The summed E-state index contributed by atoms with van der Waals surface area (Å²) in [6, 6.07) is 2.60. The number of furan rings is 1. The van der Waals surface area contributed by atoms with Gasteiger partial charge in [0, 0.05) is 0 Å². The van der Waals surface area contributed by atoms with E-state index in [0.29, 0.717) is 4.32 Å². The lowest BCUT2D eigenvalue weighted by molar-refractivity contribution is -0.402. The van der Waals surface area contributed by atoms with E-state index in [1.807, 2.05) is 0 Å². The van der Waals surface area contributed by atoms with Gasteiger partial charge in [-0.3, -0.25) is 14.9 Å². The fourth-order valence-corrected chi connectivity index (χ4v) is 2.05. The van der Waals surface area contributed by atoms with Gasteiger partial charge in [0.15, 0.2) is 10.1 Å². The summed E-state index contributed by atoms with van der Waals surface area (Å²) in [6.07, 6.45) is 1.21. The zero-order valence-electron chi connectivity index (χ0n) is 8.23. The summed E-state index contributed by atoms with van der Waals surface area (Å²) in [5.41, 5.74) is 0. The van der Waals surface area contributed by atoms with Crippen molar-refractivity contribution >= 4 is 46.3 Å². The number of thioether (sulfide) groups is 1. The average Bonchev–Trinajstić information content (AvgIpc) is 2.85. The van der Waals surface area contributed by atoms with Gasteiger partial charge < -0.3 is 4.42 Å². The van der Waals surface area contributed by atoms with Crippen molar-refractivity contribution in [1.82, 2.24) is 5.01 Å². The molecule has 0 radical (unpaired) electrons. The number of hydrogen-bond donors (Lipinski definition) is 0. The highest BCUT2D eigenvalue weighted by Crippen LogP contribution is 2.20. The van der Waals surface area contributed by atoms with E-state index in [1.54, 1.807) is 0 Å². The lowest BCUT2D eigenvalue weighted by Crippen LogP contribution is -2.22. The molecule has 0 unspecified atom stereocenters. The highest BCUT2D eigenvalue weighted by molar-refractivity contribution is 8.23. The Morgan fingerprint density at radius 2 is 2.41 bits per heavy atom. The van der Waals surface area contributed by atoms with Crippen molar-refractivity contribution in [3.8, 4) is 0 Å². The van der Waals surface area contributed by atoms with Crippen molar-refractivity contribution in [2.45, 2.75) is 0 Å². The minimum atomic E-state index is -0.654. The zero-order valence-corrected chi connectivity index (χ0v) is 9.86. The van der Waals surface area contributed by atoms with Crippen LogP contribution in [0.3, 0.4) is 0 Å². The summed E-state index contributed by atoms with van der Waals surface area (Å²) in [5, 5.41) is 15.2. The van der Waals surface area contributed by atoms with E-state index in [4.69, 9.17) is 16.6 Å².